The Morgan fingerprint density at radius 3 is 2.64 bits per heavy atom. The molecule has 1 rings (SSSR count). The van der Waals surface area contributed by atoms with Crippen LogP contribution in [0.4, 0.5) is 8.78 Å². The van der Waals surface area contributed by atoms with Gasteiger partial charge in [-0.05, 0) is 12.1 Å². The fourth-order valence-electron chi connectivity index (χ4n) is 0.836. The van der Waals surface area contributed by atoms with E-state index in [-0.39, 0.29) is 18.8 Å². The lowest BCUT2D eigenvalue weighted by Gasteiger charge is -2.04. The van der Waals surface area contributed by atoms with Crippen LogP contribution in [0.25, 0.3) is 0 Å². The summed E-state index contributed by atoms with van der Waals surface area (Å²) in [5, 5.41) is 0. The Hall–Kier alpha value is -1.65. The number of nitrogens with two attached hydrogens (primary N) is 1. The molecule has 76 valence electrons. The van der Waals surface area contributed by atoms with Gasteiger partial charge in [0.25, 0.3) is 0 Å². The molecular weight excluding hydrogens is 192 g/mol. The van der Waals surface area contributed by atoms with Gasteiger partial charge in [0.05, 0.1) is 13.0 Å². The molecule has 2 N–H and O–H groups in total. The smallest absolute Gasteiger partial charge is 0.220 e. The van der Waals surface area contributed by atoms with Gasteiger partial charge in [-0.1, -0.05) is 0 Å². The molecule has 0 atom stereocenters. The van der Waals surface area contributed by atoms with Crippen molar-refractivity contribution >= 4 is 5.91 Å². The van der Waals surface area contributed by atoms with Crippen molar-refractivity contribution in [3.05, 3.63) is 29.8 Å². The SMILES string of the molecule is NC(=O)CCOc1ccc(F)c(F)c1. The van der Waals surface area contributed by atoms with Crippen molar-refractivity contribution in [2.75, 3.05) is 6.61 Å². The predicted octanol–water partition coefficient (Wildman–Crippen LogP) is 1.22. The van der Waals surface area contributed by atoms with Crippen LogP contribution in [0, 0.1) is 11.6 Å². The molecule has 14 heavy (non-hydrogen) atoms. The number of carbonyl (C=O) groups excluding carboxylic acids is 1. The third kappa shape index (κ3) is 3.01. The van der Waals surface area contributed by atoms with Gasteiger partial charge in [-0.2, -0.15) is 0 Å². The summed E-state index contributed by atoms with van der Waals surface area (Å²) in [5.41, 5.74) is 4.86. The summed E-state index contributed by atoms with van der Waals surface area (Å²) < 4.78 is 30.0. The van der Waals surface area contributed by atoms with Gasteiger partial charge in [0.15, 0.2) is 11.6 Å². The van der Waals surface area contributed by atoms with E-state index in [1.165, 1.54) is 6.07 Å². The number of rotatable bonds is 4. The summed E-state index contributed by atoms with van der Waals surface area (Å²) in [5.74, 6) is -2.26. The summed E-state index contributed by atoms with van der Waals surface area (Å²) in [6, 6.07) is 3.14. The molecule has 0 saturated heterocycles. The van der Waals surface area contributed by atoms with Crippen molar-refractivity contribution in [1.82, 2.24) is 0 Å². The van der Waals surface area contributed by atoms with E-state index in [1.807, 2.05) is 0 Å². The molecule has 0 aliphatic heterocycles. The van der Waals surface area contributed by atoms with Gasteiger partial charge >= 0.3 is 0 Å². The molecule has 1 aromatic rings. The number of ether oxygens (including phenoxy) is 1. The highest BCUT2D eigenvalue weighted by atomic mass is 19.2. The van der Waals surface area contributed by atoms with Crippen LogP contribution in [0.1, 0.15) is 6.42 Å². The normalized spacial score (nSPS) is 9.86. The highest BCUT2D eigenvalue weighted by Gasteiger charge is 2.03. The van der Waals surface area contributed by atoms with E-state index in [0.29, 0.717) is 0 Å². The van der Waals surface area contributed by atoms with Crippen molar-refractivity contribution in [3.63, 3.8) is 0 Å². The van der Waals surface area contributed by atoms with Crippen molar-refractivity contribution in [2.24, 2.45) is 5.73 Å². The van der Waals surface area contributed by atoms with Gasteiger partial charge in [-0.25, -0.2) is 8.78 Å². The standard InChI is InChI=1S/C9H9F2NO2/c10-7-2-1-6(5-8(7)11)14-4-3-9(12)13/h1-2,5H,3-4H2,(H2,12,13). The average Bonchev–Trinajstić information content (AvgIpc) is 2.10. The van der Waals surface area contributed by atoms with Crippen LogP contribution >= 0.6 is 0 Å². The average molecular weight is 201 g/mol. The Labute approximate surface area is 79.5 Å². The zero-order valence-corrected chi connectivity index (χ0v) is 7.30. The second kappa shape index (κ2) is 4.55. The molecule has 0 spiro atoms. The zero-order chi connectivity index (χ0) is 10.6. The van der Waals surface area contributed by atoms with E-state index in [0.717, 1.165) is 12.1 Å². The van der Waals surface area contributed by atoms with Gasteiger partial charge in [0.1, 0.15) is 5.75 Å². The Kier molecular flexibility index (Phi) is 3.39. The molecule has 0 unspecified atom stereocenters. The number of carbonyl (C=O) groups is 1. The molecule has 0 fully saturated rings. The third-order valence-electron chi connectivity index (χ3n) is 1.51. The Balaban J connectivity index is 2.51. The fraction of sp³-hybridized carbons (Fsp3) is 0.222. The number of hydrogen-bond donors (Lipinski definition) is 1. The number of hydrogen-bond acceptors (Lipinski definition) is 2. The summed E-state index contributed by atoms with van der Waals surface area (Å²) in [6.45, 7) is 0.0560. The van der Waals surface area contributed by atoms with E-state index in [2.05, 4.69) is 0 Å². The lowest BCUT2D eigenvalue weighted by molar-refractivity contribution is -0.118. The van der Waals surface area contributed by atoms with E-state index in [1.54, 1.807) is 0 Å². The molecule has 0 bridgehead atoms. The molecule has 1 amide bonds. The predicted molar refractivity (Wildman–Crippen MR) is 45.7 cm³/mol. The summed E-state index contributed by atoms with van der Waals surface area (Å²) in [6.07, 6.45) is 0.0407. The second-order valence-electron chi connectivity index (χ2n) is 2.64. The first-order valence-corrected chi connectivity index (χ1v) is 3.96. The van der Waals surface area contributed by atoms with Crippen LogP contribution in [0.15, 0.2) is 18.2 Å². The van der Waals surface area contributed by atoms with E-state index < -0.39 is 17.5 Å². The molecule has 0 aliphatic rings. The first-order chi connectivity index (χ1) is 6.59. The van der Waals surface area contributed by atoms with Gasteiger partial charge in [0, 0.05) is 6.07 Å². The molecule has 0 radical (unpaired) electrons. The molecule has 1 aromatic carbocycles. The molecule has 0 heterocycles. The van der Waals surface area contributed by atoms with Gasteiger partial charge in [-0.15, -0.1) is 0 Å². The van der Waals surface area contributed by atoms with E-state index in [4.69, 9.17) is 10.5 Å². The molecule has 0 aromatic heterocycles. The number of amides is 1. The maximum atomic E-state index is 12.6. The largest absolute Gasteiger partial charge is 0.493 e. The topological polar surface area (TPSA) is 52.3 Å². The van der Waals surface area contributed by atoms with Crippen molar-refractivity contribution in [3.8, 4) is 5.75 Å². The van der Waals surface area contributed by atoms with Gasteiger partial charge in [0.2, 0.25) is 5.91 Å². The van der Waals surface area contributed by atoms with Crippen molar-refractivity contribution < 1.29 is 18.3 Å². The summed E-state index contributed by atoms with van der Waals surface area (Å²) in [7, 11) is 0. The highest BCUT2D eigenvalue weighted by molar-refractivity contribution is 5.73. The number of benzene rings is 1. The van der Waals surface area contributed by atoms with Crippen LogP contribution in [0.3, 0.4) is 0 Å². The minimum Gasteiger partial charge on any atom is -0.493 e. The second-order valence-corrected chi connectivity index (χ2v) is 2.64. The molecule has 0 saturated carbocycles. The molecule has 3 nitrogen and oxygen atoms in total. The van der Waals surface area contributed by atoms with Crippen molar-refractivity contribution in [2.45, 2.75) is 6.42 Å². The molecule has 5 heteroatoms. The van der Waals surface area contributed by atoms with Gasteiger partial charge in [-0.3, -0.25) is 4.79 Å². The van der Waals surface area contributed by atoms with Crippen LogP contribution in [-0.2, 0) is 4.79 Å². The monoisotopic (exact) mass is 201 g/mol. The summed E-state index contributed by atoms with van der Waals surface area (Å²) in [4.78, 5) is 10.3. The Bertz CT molecular complexity index is 342. The minimum atomic E-state index is -0.985. The lowest BCUT2D eigenvalue weighted by Crippen LogP contribution is -2.14. The number of halogens is 2. The van der Waals surface area contributed by atoms with Crippen LogP contribution < -0.4 is 10.5 Å². The molecular formula is C9H9F2NO2. The first kappa shape index (κ1) is 10.4. The zero-order valence-electron chi connectivity index (χ0n) is 7.30. The van der Waals surface area contributed by atoms with Crippen LogP contribution in [-0.4, -0.2) is 12.5 Å². The quantitative estimate of drug-likeness (QED) is 0.796. The highest BCUT2D eigenvalue weighted by Crippen LogP contribution is 2.15. The van der Waals surface area contributed by atoms with E-state index >= 15 is 0 Å². The first-order valence-electron chi connectivity index (χ1n) is 3.96. The Morgan fingerprint density at radius 2 is 2.07 bits per heavy atom. The Morgan fingerprint density at radius 1 is 1.36 bits per heavy atom. The maximum Gasteiger partial charge on any atom is 0.220 e. The number of primary amides is 1. The minimum absolute atomic E-state index is 0.0407. The van der Waals surface area contributed by atoms with Crippen LogP contribution in [0.2, 0.25) is 0 Å². The van der Waals surface area contributed by atoms with Crippen molar-refractivity contribution in [1.29, 1.82) is 0 Å². The fourth-order valence-corrected chi connectivity index (χ4v) is 0.836. The lowest BCUT2D eigenvalue weighted by atomic mass is 10.3. The van der Waals surface area contributed by atoms with Gasteiger partial charge < -0.3 is 10.5 Å². The van der Waals surface area contributed by atoms with E-state index in [9.17, 15) is 13.6 Å². The third-order valence-corrected chi connectivity index (χ3v) is 1.51. The van der Waals surface area contributed by atoms with Crippen LogP contribution in [0.5, 0.6) is 5.75 Å². The molecule has 0 aliphatic carbocycles. The maximum absolute atomic E-state index is 12.6. The summed E-state index contributed by atoms with van der Waals surface area (Å²) >= 11 is 0.